The first kappa shape index (κ1) is 23.5. The van der Waals surface area contributed by atoms with Crippen LogP contribution in [0, 0.1) is 11.6 Å². The highest BCUT2D eigenvalue weighted by atomic mass is 19.1. The van der Waals surface area contributed by atoms with E-state index in [0.717, 1.165) is 17.7 Å². The molecule has 4 N–H and O–H groups in total. The van der Waals surface area contributed by atoms with Crippen molar-refractivity contribution < 1.29 is 28.3 Å². The molecule has 4 atom stereocenters. The lowest BCUT2D eigenvalue weighted by molar-refractivity contribution is -0.158. The number of nitrogens with two attached hydrogens (primary N) is 1. The average molecular weight is 445 g/mol. The van der Waals surface area contributed by atoms with Gasteiger partial charge in [0.2, 0.25) is 11.8 Å². The zero-order valence-electron chi connectivity index (χ0n) is 17.5. The van der Waals surface area contributed by atoms with E-state index in [1.807, 2.05) is 30.3 Å². The second-order valence-corrected chi connectivity index (χ2v) is 7.86. The van der Waals surface area contributed by atoms with E-state index in [4.69, 9.17) is 5.73 Å². The fourth-order valence-electron chi connectivity index (χ4n) is 3.81. The van der Waals surface area contributed by atoms with Gasteiger partial charge in [-0.15, -0.1) is 0 Å². The molecule has 0 bridgehead atoms. The number of benzene rings is 2. The molecule has 0 unspecified atom stereocenters. The van der Waals surface area contributed by atoms with E-state index >= 15 is 0 Å². The van der Waals surface area contributed by atoms with Crippen molar-refractivity contribution in [2.24, 2.45) is 5.73 Å². The van der Waals surface area contributed by atoms with Crippen molar-refractivity contribution in [2.75, 3.05) is 0 Å². The lowest BCUT2D eigenvalue weighted by atomic mass is 10.0. The van der Waals surface area contributed by atoms with E-state index in [1.165, 1.54) is 6.92 Å². The number of nitrogens with one attached hydrogen (secondary N) is 1. The molecule has 170 valence electrons. The number of nitrogens with zero attached hydrogens (tertiary/aromatic N) is 1. The van der Waals surface area contributed by atoms with Gasteiger partial charge in [0.15, 0.2) is 6.10 Å². The van der Waals surface area contributed by atoms with Crippen molar-refractivity contribution in [2.45, 2.75) is 50.4 Å². The predicted octanol–water partition coefficient (Wildman–Crippen LogP) is 2.11. The lowest BCUT2D eigenvalue weighted by Gasteiger charge is -2.31. The first-order valence-corrected chi connectivity index (χ1v) is 10.3. The summed E-state index contributed by atoms with van der Waals surface area (Å²) in [5.74, 6) is -4.60. The summed E-state index contributed by atoms with van der Waals surface area (Å²) >= 11 is 0. The van der Waals surface area contributed by atoms with E-state index in [0.29, 0.717) is 23.8 Å². The Balaban J connectivity index is 1.90. The summed E-state index contributed by atoms with van der Waals surface area (Å²) in [5.41, 5.74) is 6.21. The van der Waals surface area contributed by atoms with Gasteiger partial charge in [-0.25, -0.2) is 8.78 Å². The van der Waals surface area contributed by atoms with Crippen molar-refractivity contribution >= 4 is 17.7 Å². The number of aliphatic hydroxyl groups excluding tert-OH is 1. The monoisotopic (exact) mass is 445 g/mol. The van der Waals surface area contributed by atoms with Crippen molar-refractivity contribution in [3.63, 3.8) is 0 Å². The number of carbonyl (C=O) groups is 3. The van der Waals surface area contributed by atoms with Crippen LogP contribution >= 0.6 is 0 Å². The normalized spacial score (nSPS) is 20.6. The van der Waals surface area contributed by atoms with Crippen LogP contribution in [-0.4, -0.2) is 39.8 Å². The van der Waals surface area contributed by atoms with Crippen LogP contribution in [0.25, 0.3) is 0 Å². The number of carbonyl (C=O) groups excluding carboxylic acids is 3. The molecular weight excluding hydrogens is 420 g/mol. The maximum Gasteiger partial charge on any atom is 0.263 e. The highest BCUT2D eigenvalue weighted by Gasteiger charge is 2.40. The standard InChI is InChI=1S/C23H25F2N3O4/c1-13(26)22(31)28(23(32)20(29)15-10-16(24)12-17(25)11-15)19-9-5-8-18(27-21(19)30)14-6-3-2-4-7-14/h2-4,6-7,10-13,18-20,29H,5,8-9,26H2,1H3,(H,27,30)/t13-,18-,19-,20-/m0/s1. The van der Waals surface area contributed by atoms with Crippen LogP contribution in [0.15, 0.2) is 48.5 Å². The number of rotatable bonds is 5. The molecule has 0 aliphatic carbocycles. The smallest absolute Gasteiger partial charge is 0.263 e. The minimum absolute atomic E-state index is 0.156. The summed E-state index contributed by atoms with van der Waals surface area (Å²) < 4.78 is 27.2. The summed E-state index contributed by atoms with van der Waals surface area (Å²) in [6.07, 6.45) is -0.810. The third-order valence-electron chi connectivity index (χ3n) is 5.40. The van der Waals surface area contributed by atoms with E-state index in [9.17, 15) is 28.3 Å². The van der Waals surface area contributed by atoms with Gasteiger partial charge in [-0.2, -0.15) is 0 Å². The van der Waals surface area contributed by atoms with Gasteiger partial charge >= 0.3 is 0 Å². The molecule has 1 aliphatic rings. The molecule has 1 heterocycles. The molecule has 32 heavy (non-hydrogen) atoms. The molecule has 2 aromatic rings. The summed E-state index contributed by atoms with van der Waals surface area (Å²) in [7, 11) is 0. The van der Waals surface area contributed by atoms with Gasteiger partial charge in [0, 0.05) is 6.07 Å². The molecule has 9 heteroatoms. The largest absolute Gasteiger partial charge is 0.378 e. The molecule has 3 rings (SSSR count). The van der Waals surface area contributed by atoms with E-state index in [1.54, 1.807) is 0 Å². The third-order valence-corrected chi connectivity index (χ3v) is 5.40. The average Bonchev–Trinajstić information content (AvgIpc) is 2.95. The van der Waals surface area contributed by atoms with Crippen LogP contribution in [-0.2, 0) is 14.4 Å². The Morgan fingerprint density at radius 1 is 1.09 bits per heavy atom. The van der Waals surface area contributed by atoms with Crippen molar-refractivity contribution in [3.8, 4) is 0 Å². The van der Waals surface area contributed by atoms with Gasteiger partial charge in [-0.05, 0) is 49.4 Å². The second kappa shape index (κ2) is 9.97. The summed E-state index contributed by atoms with van der Waals surface area (Å²) in [4.78, 5) is 39.6. The van der Waals surface area contributed by atoms with E-state index < -0.39 is 47.5 Å². The SMILES string of the molecule is C[C@H](N)C(=O)N(C(=O)[C@@H](O)c1cc(F)cc(F)c1)[C@H]1CCC[C@@H](c2ccccc2)NC1=O. The molecule has 0 saturated carbocycles. The molecule has 0 spiro atoms. The van der Waals surface area contributed by atoms with Crippen LogP contribution in [0.2, 0.25) is 0 Å². The highest BCUT2D eigenvalue weighted by Crippen LogP contribution is 2.27. The fraction of sp³-hybridized carbons (Fsp3) is 0.348. The minimum atomic E-state index is -2.05. The lowest BCUT2D eigenvalue weighted by Crippen LogP contribution is -2.56. The Morgan fingerprint density at radius 3 is 2.31 bits per heavy atom. The molecule has 7 nitrogen and oxygen atoms in total. The van der Waals surface area contributed by atoms with Crippen molar-refractivity contribution in [3.05, 3.63) is 71.3 Å². The maximum atomic E-state index is 13.6. The Morgan fingerprint density at radius 2 is 1.72 bits per heavy atom. The zero-order valence-corrected chi connectivity index (χ0v) is 17.5. The quantitative estimate of drug-likeness (QED) is 0.653. The number of aliphatic hydroxyl groups is 1. The number of amides is 3. The molecule has 2 aromatic carbocycles. The fourth-order valence-corrected chi connectivity index (χ4v) is 3.81. The van der Waals surface area contributed by atoms with Crippen LogP contribution in [0.5, 0.6) is 0 Å². The summed E-state index contributed by atoms with van der Waals surface area (Å²) in [5, 5.41) is 13.4. The highest BCUT2D eigenvalue weighted by molar-refractivity contribution is 6.03. The van der Waals surface area contributed by atoms with Crippen molar-refractivity contribution in [1.29, 1.82) is 0 Å². The first-order chi connectivity index (χ1) is 15.2. The van der Waals surface area contributed by atoms with Gasteiger partial charge < -0.3 is 16.2 Å². The Labute approximate surface area is 184 Å². The van der Waals surface area contributed by atoms with Gasteiger partial charge in [-0.1, -0.05) is 30.3 Å². The topological polar surface area (TPSA) is 113 Å². The predicted molar refractivity (Wildman–Crippen MR) is 112 cm³/mol. The molecular formula is C23H25F2N3O4. The third kappa shape index (κ3) is 5.17. The first-order valence-electron chi connectivity index (χ1n) is 10.3. The molecule has 3 amide bonds. The summed E-state index contributed by atoms with van der Waals surface area (Å²) in [6, 6.07) is 8.76. The number of halogens is 2. The number of hydrogen-bond acceptors (Lipinski definition) is 5. The Kier molecular flexibility index (Phi) is 7.32. The molecule has 0 radical (unpaired) electrons. The number of imide groups is 1. The summed E-state index contributed by atoms with van der Waals surface area (Å²) in [6.45, 7) is 1.35. The van der Waals surface area contributed by atoms with E-state index in [-0.39, 0.29) is 18.0 Å². The van der Waals surface area contributed by atoms with Gasteiger partial charge in [-0.3, -0.25) is 19.3 Å². The van der Waals surface area contributed by atoms with Crippen LogP contribution in [0.3, 0.4) is 0 Å². The molecule has 1 saturated heterocycles. The molecule has 0 aromatic heterocycles. The molecule has 1 fully saturated rings. The minimum Gasteiger partial charge on any atom is -0.378 e. The Hall–Kier alpha value is -3.17. The van der Waals surface area contributed by atoms with Crippen LogP contribution < -0.4 is 11.1 Å². The van der Waals surface area contributed by atoms with E-state index in [2.05, 4.69) is 5.32 Å². The maximum absolute atomic E-state index is 13.6. The second-order valence-electron chi connectivity index (χ2n) is 7.86. The Bertz CT molecular complexity index is 980. The molecule has 1 aliphatic heterocycles. The van der Waals surface area contributed by atoms with Gasteiger partial charge in [0.05, 0.1) is 12.1 Å². The van der Waals surface area contributed by atoms with Crippen LogP contribution in [0.1, 0.15) is 49.5 Å². The van der Waals surface area contributed by atoms with Gasteiger partial charge in [0.1, 0.15) is 17.7 Å². The van der Waals surface area contributed by atoms with Crippen molar-refractivity contribution in [1.82, 2.24) is 10.2 Å². The van der Waals surface area contributed by atoms with Gasteiger partial charge in [0.25, 0.3) is 5.91 Å². The zero-order chi connectivity index (χ0) is 23.4. The number of hydrogen-bond donors (Lipinski definition) is 3. The van der Waals surface area contributed by atoms with Crippen LogP contribution in [0.4, 0.5) is 8.78 Å².